The summed E-state index contributed by atoms with van der Waals surface area (Å²) >= 11 is 0. The van der Waals surface area contributed by atoms with Crippen molar-refractivity contribution in [3.05, 3.63) is 88.2 Å². The van der Waals surface area contributed by atoms with E-state index >= 15 is 0 Å². The third-order valence-corrected chi connectivity index (χ3v) is 5.37. The van der Waals surface area contributed by atoms with Gasteiger partial charge in [-0.3, -0.25) is 9.59 Å². The number of hydrogen-bond acceptors (Lipinski definition) is 4. The summed E-state index contributed by atoms with van der Waals surface area (Å²) in [6.45, 7) is 1.24. The molecular formula is C23H22F2N4O2. The summed E-state index contributed by atoms with van der Waals surface area (Å²) in [6.07, 6.45) is 1.49. The first-order valence-electron chi connectivity index (χ1n) is 10.1. The molecule has 160 valence electrons. The van der Waals surface area contributed by atoms with E-state index < -0.39 is 5.82 Å². The SMILES string of the molecule is O=C(NCc1ccccc1F)C1CCCN(c2ccc(=O)n(-c3cccc(F)c3)n2)C1. The molecule has 1 fully saturated rings. The third-order valence-electron chi connectivity index (χ3n) is 5.37. The van der Waals surface area contributed by atoms with E-state index in [9.17, 15) is 18.4 Å². The number of anilines is 1. The molecule has 1 aliphatic heterocycles. The van der Waals surface area contributed by atoms with Crippen LogP contribution in [0, 0.1) is 17.6 Å². The fourth-order valence-electron chi connectivity index (χ4n) is 3.73. The molecule has 2 aromatic carbocycles. The number of aromatic nitrogens is 2. The van der Waals surface area contributed by atoms with E-state index in [2.05, 4.69) is 10.4 Å². The Morgan fingerprint density at radius 1 is 1.10 bits per heavy atom. The second-order valence-electron chi connectivity index (χ2n) is 7.52. The van der Waals surface area contributed by atoms with Gasteiger partial charge in [0.2, 0.25) is 5.91 Å². The van der Waals surface area contributed by atoms with E-state index in [-0.39, 0.29) is 29.7 Å². The Morgan fingerprint density at radius 3 is 2.74 bits per heavy atom. The number of carbonyl (C=O) groups excluding carboxylic acids is 1. The first-order valence-corrected chi connectivity index (χ1v) is 10.1. The van der Waals surface area contributed by atoms with Crippen molar-refractivity contribution in [1.82, 2.24) is 15.1 Å². The summed E-state index contributed by atoms with van der Waals surface area (Å²) in [6, 6.07) is 15.0. The van der Waals surface area contributed by atoms with Crippen molar-refractivity contribution in [2.24, 2.45) is 5.92 Å². The molecule has 0 aliphatic carbocycles. The lowest BCUT2D eigenvalue weighted by molar-refractivity contribution is -0.125. The fourth-order valence-corrected chi connectivity index (χ4v) is 3.73. The maximum Gasteiger partial charge on any atom is 0.271 e. The highest BCUT2D eigenvalue weighted by atomic mass is 19.1. The molecule has 3 aromatic rings. The standard InChI is InChI=1S/C23H22F2N4O2/c24-18-7-3-8-19(13-18)29-22(30)11-10-21(27-29)28-12-4-6-17(15-28)23(31)26-14-16-5-1-2-9-20(16)25/h1-3,5,7-11,13,17H,4,6,12,14-15H2,(H,26,31). The molecule has 0 radical (unpaired) electrons. The summed E-state index contributed by atoms with van der Waals surface area (Å²) in [5.41, 5.74) is 0.404. The van der Waals surface area contributed by atoms with Gasteiger partial charge < -0.3 is 10.2 Å². The van der Waals surface area contributed by atoms with Crippen LogP contribution >= 0.6 is 0 Å². The zero-order valence-corrected chi connectivity index (χ0v) is 16.8. The topological polar surface area (TPSA) is 67.2 Å². The molecule has 0 saturated carbocycles. The van der Waals surface area contributed by atoms with Gasteiger partial charge >= 0.3 is 0 Å². The first kappa shape index (κ1) is 20.7. The quantitative estimate of drug-likeness (QED) is 0.684. The highest BCUT2D eigenvalue weighted by Crippen LogP contribution is 2.22. The van der Waals surface area contributed by atoms with Crippen molar-refractivity contribution < 1.29 is 13.6 Å². The van der Waals surface area contributed by atoms with Gasteiger partial charge in [-0.25, -0.2) is 8.78 Å². The molecule has 6 nitrogen and oxygen atoms in total. The summed E-state index contributed by atoms with van der Waals surface area (Å²) in [7, 11) is 0. The second-order valence-corrected chi connectivity index (χ2v) is 7.52. The van der Waals surface area contributed by atoms with Gasteiger partial charge in [0.05, 0.1) is 11.6 Å². The molecule has 1 atom stereocenters. The molecule has 31 heavy (non-hydrogen) atoms. The minimum absolute atomic E-state index is 0.130. The zero-order chi connectivity index (χ0) is 21.8. The fraction of sp³-hybridized carbons (Fsp3) is 0.261. The first-order chi connectivity index (χ1) is 15.0. The molecule has 1 amide bonds. The Morgan fingerprint density at radius 2 is 1.94 bits per heavy atom. The lowest BCUT2D eigenvalue weighted by atomic mass is 9.97. The molecular weight excluding hydrogens is 402 g/mol. The van der Waals surface area contributed by atoms with Crippen molar-refractivity contribution in [2.45, 2.75) is 19.4 Å². The van der Waals surface area contributed by atoms with E-state index in [1.165, 1.54) is 30.3 Å². The van der Waals surface area contributed by atoms with Gasteiger partial charge in [-0.1, -0.05) is 24.3 Å². The molecule has 1 saturated heterocycles. The maximum atomic E-state index is 13.8. The monoisotopic (exact) mass is 424 g/mol. The Kier molecular flexibility index (Phi) is 6.06. The largest absolute Gasteiger partial charge is 0.354 e. The number of rotatable bonds is 5. The molecule has 1 aromatic heterocycles. The van der Waals surface area contributed by atoms with E-state index in [1.807, 2.05) is 4.90 Å². The number of nitrogens with zero attached hydrogens (tertiary/aromatic N) is 3. The lowest BCUT2D eigenvalue weighted by Gasteiger charge is -2.33. The van der Waals surface area contributed by atoms with E-state index in [0.717, 1.165) is 11.1 Å². The predicted molar refractivity (Wildman–Crippen MR) is 113 cm³/mol. The summed E-state index contributed by atoms with van der Waals surface area (Å²) in [5.74, 6) is -0.697. The number of piperidine rings is 1. The minimum Gasteiger partial charge on any atom is -0.354 e. The summed E-state index contributed by atoms with van der Waals surface area (Å²) in [4.78, 5) is 26.8. The Labute approximate surface area is 178 Å². The van der Waals surface area contributed by atoms with Crippen LogP contribution in [0.1, 0.15) is 18.4 Å². The normalized spacial score (nSPS) is 16.2. The zero-order valence-electron chi connectivity index (χ0n) is 16.8. The number of carbonyl (C=O) groups is 1. The summed E-state index contributed by atoms with van der Waals surface area (Å²) in [5, 5.41) is 7.20. The van der Waals surface area contributed by atoms with Gasteiger partial charge in [-0.2, -0.15) is 4.68 Å². The average Bonchev–Trinajstić information content (AvgIpc) is 2.79. The van der Waals surface area contributed by atoms with Crippen LogP contribution in [0.2, 0.25) is 0 Å². The van der Waals surface area contributed by atoms with Crippen molar-refractivity contribution >= 4 is 11.7 Å². The number of amides is 1. The van der Waals surface area contributed by atoms with Crippen LogP contribution in [-0.2, 0) is 11.3 Å². The van der Waals surface area contributed by atoms with E-state index in [4.69, 9.17) is 0 Å². The summed E-state index contributed by atoms with van der Waals surface area (Å²) < 4.78 is 28.5. The van der Waals surface area contributed by atoms with Crippen molar-refractivity contribution in [2.75, 3.05) is 18.0 Å². The molecule has 0 spiro atoms. The van der Waals surface area contributed by atoms with Gasteiger partial charge in [0.15, 0.2) is 0 Å². The minimum atomic E-state index is -0.457. The lowest BCUT2D eigenvalue weighted by Crippen LogP contribution is -2.43. The van der Waals surface area contributed by atoms with Crippen molar-refractivity contribution in [3.63, 3.8) is 0 Å². The molecule has 8 heteroatoms. The smallest absolute Gasteiger partial charge is 0.271 e. The number of hydrogen-bond donors (Lipinski definition) is 1. The van der Waals surface area contributed by atoms with Crippen LogP contribution in [0.15, 0.2) is 65.5 Å². The predicted octanol–water partition coefficient (Wildman–Crippen LogP) is 3.04. The van der Waals surface area contributed by atoms with Crippen LogP contribution in [0.3, 0.4) is 0 Å². The molecule has 1 unspecified atom stereocenters. The van der Waals surface area contributed by atoms with Gasteiger partial charge in [0.25, 0.3) is 5.56 Å². The Bertz CT molecular complexity index is 1150. The molecule has 1 N–H and O–H groups in total. The number of nitrogens with one attached hydrogen (secondary N) is 1. The number of halogens is 2. The Hall–Kier alpha value is -3.55. The van der Waals surface area contributed by atoms with E-state index in [1.54, 1.807) is 30.3 Å². The highest BCUT2D eigenvalue weighted by molar-refractivity contribution is 5.79. The van der Waals surface area contributed by atoms with Gasteiger partial charge in [-0.05, 0) is 43.2 Å². The Balaban J connectivity index is 1.47. The van der Waals surface area contributed by atoms with E-state index in [0.29, 0.717) is 36.6 Å². The highest BCUT2D eigenvalue weighted by Gasteiger charge is 2.27. The van der Waals surface area contributed by atoms with Crippen LogP contribution < -0.4 is 15.8 Å². The average molecular weight is 424 g/mol. The molecule has 2 heterocycles. The molecule has 1 aliphatic rings. The second kappa shape index (κ2) is 9.07. The van der Waals surface area contributed by atoms with Gasteiger partial charge in [0, 0.05) is 31.3 Å². The maximum absolute atomic E-state index is 13.8. The van der Waals surface area contributed by atoms with Crippen LogP contribution in [0.4, 0.5) is 14.6 Å². The third kappa shape index (κ3) is 4.79. The van der Waals surface area contributed by atoms with Crippen LogP contribution in [0.5, 0.6) is 0 Å². The molecule has 0 bridgehead atoms. The van der Waals surface area contributed by atoms with Gasteiger partial charge in [0.1, 0.15) is 17.5 Å². The van der Waals surface area contributed by atoms with Crippen LogP contribution in [-0.4, -0.2) is 28.8 Å². The molecule has 4 rings (SSSR count). The van der Waals surface area contributed by atoms with Crippen LogP contribution in [0.25, 0.3) is 5.69 Å². The van der Waals surface area contributed by atoms with Gasteiger partial charge in [-0.15, -0.1) is 5.10 Å². The number of benzene rings is 2. The van der Waals surface area contributed by atoms with Crippen molar-refractivity contribution in [3.8, 4) is 5.69 Å². The van der Waals surface area contributed by atoms with Crippen molar-refractivity contribution in [1.29, 1.82) is 0 Å².